The molecule has 0 aliphatic carbocycles. The number of carbonyl (C=O) groups is 2. The first-order valence-electron chi connectivity index (χ1n) is 9.70. The van der Waals surface area contributed by atoms with E-state index in [0.29, 0.717) is 37.9 Å². The number of nitrogens with one attached hydrogen (secondary N) is 1. The van der Waals surface area contributed by atoms with Crippen LogP contribution in [0.25, 0.3) is 0 Å². The number of hydrogen-bond donors (Lipinski definition) is 1. The Morgan fingerprint density at radius 2 is 2.12 bits per heavy atom. The summed E-state index contributed by atoms with van der Waals surface area (Å²) in [5.41, 5.74) is 0.917. The van der Waals surface area contributed by atoms with Crippen molar-refractivity contribution in [3.8, 4) is 0 Å². The maximum atomic E-state index is 12.8. The van der Waals surface area contributed by atoms with E-state index in [1.54, 1.807) is 15.8 Å². The molecule has 2 amide bonds. The summed E-state index contributed by atoms with van der Waals surface area (Å²) in [6.45, 7) is 7.36. The number of hydrogen-bond acceptors (Lipinski definition) is 4. The van der Waals surface area contributed by atoms with Gasteiger partial charge in [0, 0.05) is 32.4 Å². The Balaban J connectivity index is 1.61. The Bertz CT molecular complexity index is 622. The van der Waals surface area contributed by atoms with Crippen LogP contribution in [0.2, 0.25) is 0 Å². The van der Waals surface area contributed by atoms with Crippen LogP contribution < -0.4 is 5.32 Å². The Morgan fingerprint density at radius 3 is 2.85 bits per heavy atom. The molecule has 0 spiro atoms. The molecule has 3 heterocycles. The lowest BCUT2D eigenvalue weighted by atomic mass is 10.0. The fourth-order valence-electron chi connectivity index (χ4n) is 3.56. The minimum Gasteiger partial charge on any atom is -0.381 e. The molecule has 2 aliphatic rings. The van der Waals surface area contributed by atoms with Crippen LogP contribution in [0.3, 0.4) is 0 Å². The molecule has 2 aliphatic heterocycles. The van der Waals surface area contributed by atoms with Crippen molar-refractivity contribution in [1.29, 1.82) is 0 Å². The summed E-state index contributed by atoms with van der Waals surface area (Å²) in [4.78, 5) is 27.2. The van der Waals surface area contributed by atoms with Crippen LogP contribution in [0.15, 0.2) is 12.3 Å². The lowest BCUT2D eigenvalue weighted by Crippen LogP contribution is -2.47. The summed E-state index contributed by atoms with van der Waals surface area (Å²) < 4.78 is 7.14. The number of rotatable bonds is 6. The third-order valence-corrected chi connectivity index (χ3v) is 5.29. The molecule has 0 saturated carbocycles. The minimum atomic E-state index is -0.448. The molecule has 0 bridgehead atoms. The van der Waals surface area contributed by atoms with E-state index in [1.165, 1.54) is 0 Å². The molecule has 1 aromatic rings. The highest BCUT2D eigenvalue weighted by atomic mass is 16.5. The van der Waals surface area contributed by atoms with Crippen LogP contribution in [0.5, 0.6) is 0 Å². The van der Waals surface area contributed by atoms with Gasteiger partial charge in [0.25, 0.3) is 0 Å². The van der Waals surface area contributed by atoms with Crippen LogP contribution >= 0.6 is 0 Å². The van der Waals surface area contributed by atoms with Gasteiger partial charge in [-0.25, -0.2) is 0 Å². The average molecular weight is 362 g/mol. The van der Waals surface area contributed by atoms with Gasteiger partial charge in [0.2, 0.25) is 11.8 Å². The van der Waals surface area contributed by atoms with Gasteiger partial charge in [-0.15, -0.1) is 0 Å². The van der Waals surface area contributed by atoms with Crippen LogP contribution in [-0.4, -0.2) is 52.8 Å². The van der Waals surface area contributed by atoms with Crippen LogP contribution in [-0.2, 0) is 20.9 Å². The van der Waals surface area contributed by atoms with E-state index >= 15 is 0 Å². The molecular weight excluding hydrogens is 332 g/mol. The number of ether oxygens (including phenoxy) is 1. The molecule has 1 N–H and O–H groups in total. The van der Waals surface area contributed by atoms with Gasteiger partial charge in [0.15, 0.2) is 0 Å². The first-order chi connectivity index (χ1) is 12.5. The van der Waals surface area contributed by atoms with Crippen molar-refractivity contribution in [2.75, 3.05) is 26.3 Å². The summed E-state index contributed by atoms with van der Waals surface area (Å²) >= 11 is 0. The SMILES string of the molecule is CC(C)CCC(=O)N1Cc2ccnn2C(C(=O)NCC2CCOCC2)C1. The highest BCUT2D eigenvalue weighted by Gasteiger charge is 2.33. The average Bonchev–Trinajstić information content (AvgIpc) is 3.12. The van der Waals surface area contributed by atoms with E-state index in [4.69, 9.17) is 4.74 Å². The Hall–Kier alpha value is -1.89. The van der Waals surface area contributed by atoms with Gasteiger partial charge in [0.05, 0.1) is 18.8 Å². The number of nitrogens with zero attached hydrogens (tertiary/aromatic N) is 3. The predicted octanol–water partition coefficient (Wildman–Crippen LogP) is 1.75. The minimum absolute atomic E-state index is 0.0530. The molecule has 7 nitrogen and oxygen atoms in total. The van der Waals surface area contributed by atoms with E-state index in [0.717, 1.165) is 38.2 Å². The molecule has 7 heteroatoms. The third-order valence-electron chi connectivity index (χ3n) is 5.29. The summed E-state index contributed by atoms with van der Waals surface area (Å²) in [5.74, 6) is 1.03. The van der Waals surface area contributed by atoms with Gasteiger partial charge in [-0.3, -0.25) is 14.3 Å². The standard InChI is InChI=1S/C19H30N4O3/c1-14(2)3-4-18(24)22-12-16-5-8-21-23(16)17(13-22)19(25)20-11-15-6-9-26-10-7-15/h5,8,14-15,17H,3-4,6-7,9-13H2,1-2H3,(H,20,25). The van der Waals surface area contributed by atoms with Crippen molar-refractivity contribution in [2.45, 2.75) is 52.1 Å². The largest absolute Gasteiger partial charge is 0.381 e. The molecular formula is C19H30N4O3. The Kier molecular flexibility index (Phi) is 6.29. The normalized spacial score (nSPS) is 20.9. The maximum Gasteiger partial charge on any atom is 0.246 e. The fraction of sp³-hybridized carbons (Fsp3) is 0.737. The summed E-state index contributed by atoms with van der Waals surface area (Å²) in [6, 6.07) is 1.44. The van der Waals surface area contributed by atoms with Crippen molar-refractivity contribution in [2.24, 2.45) is 11.8 Å². The fourth-order valence-corrected chi connectivity index (χ4v) is 3.56. The molecule has 144 valence electrons. The molecule has 0 radical (unpaired) electrons. The first-order valence-corrected chi connectivity index (χ1v) is 9.70. The summed E-state index contributed by atoms with van der Waals surface area (Å²) in [6.07, 6.45) is 5.07. The van der Waals surface area contributed by atoms with Gasteiger partial charge in [-0.05, 0) is 37.2 Å². The lowest BCUT2D eigenvalue weighted by molar-refractivity contribution is -0.135. The topological polar surface area (TPSA) is 76.5 Å². The molecule has 1 saturated heterocycles. The molecule has 1 aromatic heterocycles. The van der Waals surface area contributed by atoms with Crippen molar-refractivity contribution < 1.29 is 14.3 Å². The van der Waals surface area contributed by atoms with Crippen LogP contribution in [0, 0.1) is 11.8 Å². The molecule has 1 unspecified atom stereocenters. The molecule has 1 fully saturated rings. The van der Waals surface area contributed by atoms with Crippen molar-refractivity contribution in [3.63, 3.8) is 0 Å². The number of fused-ring (bicyclic) bond motifs is 1. The Morgan fingerprint density at radius 1 is 1.35 bits per heavy atom. The Labute approximate surface area is 155 Å². The van der Waals surface area contributed by atoms with E-state index in [-0.39, 0.29) is 11.8 Å². The molecule has 0 aromatic carbocycles. The smallest absolute Gasteiger partial charge is 0.246 e. The van der Waals surface area contributed by atoms with E-state index < -0.39 is 6.04 Å². The van der Waals surface area contributed by atoms with Gasteiger partial charge >= 0.3 is 0 Å². The zero-order valence-electron chi connectivity index (χ0n) is 15.8. The van der Waals surface area contributed by atoms with Gasteiger partial charge < -0.3 is 15.0 Å². The molecule has 3 rings (SSSR count). The van der Waals surface area contributed by atoms with Crippen molar-refractivity contribution in [1.82, 2.24) is 20.0 Å². The number of aromatic nitrogens is 2. The van der Waals surface area contributed by atoms with E-state index in [9.17, 15) is 9.59 Å². The van der Waals surface area contributed by atoms with E-state index in [2.05, 4.69) is 24.3 Å². The second kappa shape index (κ2) is 8.66. The second-order valence-electron chi connectivity index (χ2n) is 7.79. The van der Waals surface area contributed by atoms with Gasteiger partial charge in [-0.1, -0.05) is 13.8 Å². The van der Waals surface area contributed by atoms with E-state index in [1.807, 2.05) is 6.07 Å². The summed E-state index contributed by atoms with van der Waals surface area (Å²) in [7, 11) is 0. The monoisotopic (exact) mass is 362 g/mol. The molecule has 1 atom stereocenters. The summed E-state index contributed by atoms with van der Waals surface area (Å²) in [5, 5.41) is 7.39. The predicted molar refractivity (Wildman–Crippen MR) is 97.3 cm³/mol. The zero-order chi connectivity index (χ0) is 18.5. The second-order valence-corrected chi connectivity index (χ2v) is 7.79. The van der Waals surface area contributed by atoms with Crippen LogP contribution in [0.4, 0.5) is 0 Å². The van der Waals surface area contributed by atoms with Gasteiger partial charge in [-0.2, -0.15) is 5.10 Å². The number of carbonyl (C=O) groups excluding carboxylic acids is 2. The number of amides is 2. The first kappa shape index (κ1) is 18.9. The van der Waals surface area contributed by atoms with Crippen LogP contribution in [0.1, 0.15) is 51.3 Å². The molecule has 26 heavy (non-hydrogen) atoms. The maximum absolute atomic E-state index is 12.8. The quantitative estimate of drug-likeness (QED) is 0.836. The van der Waals surface area contributed by atoms with Gasteiger partial charge in [0.1, 0.15) is 6.04 Å². The lowest BCUT2D eigenvalue weighted by Gasteiger charge is -2.33. The van der Waals surface area contributed by atoms with Crippen molar-refractivity contribution in [3.05, 3.63) is 18.0 Å². The van der Waals surface area contributed by atoms with Crippen molar-refractivity contribution >= 4 is 11.8 Å². The highest BCUT2D eigenvalue weighted by molar-refractivity contribution is 5.82. The zero-order valence-corrected chi connectivity index (χ0v) is 15.8. The third kappa shape index (κ3) is 4.63. The highest BCUT2D eigenvalue weighted by Crippen LogP contribution is 2.22.